The average Bonchev–Trinajstić information content (AvgIpc) is 3.20. The highest BCUT2D eigenvalue weighted by molar-refractivity contribution is 5.89. The number of nitriles is 3. The Morgan fingerprint density at radius 2 is 1.92 bits per heavy atom. The number of nitrogens with zero attached hydrogens (tertiary/aromatic N) is 3. The summed E-state index contributed by atoms with van der Waals surface area (Å²) in [5.74, 6) is -2.14. The van der Waals surface area contributed by atoms with Gasteiger partial charge in [0, 0.05) is 12.0 Å². The van der Waals surface area contributed by atoms with E-state index < -0.39 is 28.6 Å². The van der Waals surface area contributed by atoms with Gasteiger partial charge in [0.15, 0.2) is 5.41 Å². The van der Waals surface area contributed by atoms with Crippen molar-refractivity contribution < 1.29 is 13.9 Å². The fourth-order valence-electron chi connectivity index (χ4n) is 4.39. The number of furan rings is 1. The summed E-state index contributed by atoms with van der Waals surface area (Å²) in [6, 6.07) is 7.74. The number of rotatable bonds is 4. The summed E-state index contributed by atoms with van der Waals surface area (Å²) in [4.78, 5) is 0. The molecule has 0 spiro atoms. The van der Waals surface area contributed by atoms with Crippen LogP contribution < -0.4 is 0 Å². The zero-order chi connectivity index (χ0) is 18.3. The molecule has 2 aliphatic rings. The normalized spacial score (nSPS) is 35.2. The number of ether oxygens (including phenoxy) is 2. The van der Waals surface area contributed by atoms with Crippen LogP contribution in [0, 0.1) is 56.2 Å². The summed E-state index contributed by atoms with van der Waals surface area (Å²) in [7, 11) is 0. The van der Waals surface area contributed by atoms with E-state index in [1.807, 2.05) is 26.0 Å². The van der Waals surface area contributed by atoms with Crippen molar-refractivity contribution >= 4 is 5.90 Å². The summed E-state index contributed by atoms with van der Waals surface area (Å²) in [5.41, 5.74) is -3.12. The predicted molar refractivity (Wildman–Crippen MR) is 84.5 cm³/mol. The maximum atomic E-state index is 10.1. The molecule has 0 aromatic carbocycles. The van der Waals surface area contributed by atoms with Crippen molar-refractivity contribution in [2.24, 2.45) is 16.7 Å². The van der Waals surface area contributed by atoms with Crippen LogP contribution in [0.3, 0.4) is 0 Å². The van der Waals surface area contributed by atoms with Gasteiger partial charge in [0.05, 0.1) is 36.7 Å². The Kier molecular flexibility index (Phi) is 3.82. The first-order chi connectivity index (χ1) is 12.0. The number of hydrogen-bond acceptors (Lipinski definition) is 7. The number of fused-ring (bicyclic) bond motifs is 2. The van der Waals surface area contributed by atoms with Gasteiger partial charge in [0.25, 0.3) is 0 Å². The molecule has 4 unspecified atom stereocenters. The fourth-order valence-corrected chi connectivity index (χ4v) is 4.39. The summed E-state index contributed by atoms with van der Waals surface area (Å²) < 4.78 is 17.1. The minimum absolute atomic E-state index is 0.357. The van der Waals surface area contributed by atoms with Gasteiger partial charge in [-0.15, -0.1) is 0 Å². The topological polar surface area (TPSA) is 127 Å². The fraction of sp³-hybridized carbons (Fsp3) is 0.556. The van der Waals surface area contributed by atoms with E-state index >= 15 is 0 Å². The molecule has 2 aliphatic heterocycles. The van der Waals surface area contributed by atoms with Gasteiger partial charge in [-0.3, -0.25) is 5.41 Å². The van der Waals surface area contributed by atoms with Crippen molar-refractivity contribution in [3.8, 4) is 18.2 Å². The van der Waals surface area contributed by atoms with Gasteiger partial charge in [-0.05, 0) is 18.9 Å². The van der Waals surface area contributed by atoms with Crippen molar-refractivity contribution in [2.45, 2.75) is 45.0 Å². The first kappa shape index (κ1) is 17.0. The Hall–Kier alpha value is -2.82. The Morgan fingerprint density at radius 1 is 1.20 bits per heavy atom. The highest BCUT2D eigenvalue weighted by Gasteiger charge is 2.79. The van der Waals surface area contributed by atoms with Crippen LogP contribution >= 0.6 is 0 Å². The molecule has 128 valence electrons. The molecule has 25 heavy (non-hydrogen) atoms. The van der Waals surface area contributed by atoms with Crippen molar-refractivity contribution in [1.82, 2.24) is 0 Å². The Balaban J connectivity index is 2.34. The van der Waals surface area contributed by atoms with E-state index in [-0.39, 0.29) is 5.90 Å². The van der Waals surface area contributed by atoms with Crippen molar-refractivity contribution in [1.29, 1.82) is 21.2 Å². The molecule has 1 N–H and O–H groups in total. The molecule has 3 rings (SSSR count). The molecule has 2 saturated heterocycles. The van der Waals surface area contributed by atoms with E-state index in [0.29, 0.717) is 24.8 Å². The third-order valence-corrected chi connectivity index (χ3v) is 5.40. The van der Waals surface area contributed by atoms with Crippen LogP contribution in [0.15, 0.2) is 23.0 Å². The SMILES string of the molecule is CCCC12OC(=N)C(C#N)(C1CC)C(C#N)(C#N)C(c1ccoc1)O2. The van der Waals surface area contributed by atoms with Crippen molar-refractivity contribution in [3.05, 3.63) is 24.2 Å². The zero-order valence-corrected chi connectivity index (χ0v) is 14.1. The molecule has 7 heteroatoms. The van der Waals surface area contributed by atoms with Gasteiger partial charge in [0.2, 0.25) is 17.1 Å². The number of nitrogens with one attached hydrogen (secondary N) is 1. The highest BCUT2D eigenvalue weighted by Crippen LogP contribution is 2.68. The molecule has 2 bridgehead atoms. The van der Waals surface area contributed by atoms with Crippen LogP contribution in [0.1, 0.15) is 44.8 Å². The molecular formula is C18H18N4O3. The van der Waals surface area contributed by atoms with Crippen LogP contribution in [-0.2, 0) is 9.47 Å². The van der Waals surface area contributed by atoms with E-state index in [1.165, 1.54) is 12.5 Å². The van der Waals surface area contributed by atoms with E-state index in [0.717, 1.165) is 0 Å². The monoisotopic (exact) mass is 338 g/mol. The predicted octanol–water partition coefficient (Wildman–Crippen LogP) is 3.42. The second-order valence-corrected chi connectivity index (χ2v) is 6.46. The largest absolute Gasteiger partial charge is 0.472 e. The van der Waals surface area contributed by atoms with Crippen LogP contribution in [-0.4, -0.2) is 11.7 Å². The van der Waals surface area contributed by atoms with Crippen LogP contribution in [0.5, 0.6) is 0 Å². The van der Waals surface area contributed by atoms with Gasteiger partial charge in [-0.2, -0.15) is 15.8 Å². The molecule has 7 nitrogen and oxygen atoms in total. The lowest BCUT2D eigenvalue weighted by atomic mass is 9.52. The first-order valence-corrected chi connectivity index (χ1v) is 8.23. The summed E-state index contributed by atoms with van der Waals surface area (Å²) in [6.45, 7) is 3.80. The lowest BCUT2D eigenvalue weighted by Gasteiger charge is -2.49. The van der Waals surface area contributed by atoms with Crippen molar-refractivity contribution in [2.75, 3.05) is 0 Å². The van der Waals surface area contributed by atoms with E-state index in [2.05, 4.69) is 6.07 Å². The van der Waals surface area contributed by atoms with Gasteiger partial charge >= 0.3 is 0 Å². The molecule has 3 heterocycles. The lowest BCUT2D eigenvalue weighted by molar-refractivity contribution is -0.286. The average molecular weight is 338 g/mol. The minimum Gasteiger partial charge on any atom is -0.472 e. The Labute approximate surface area is 145 Å². The Morgan fingerprint density at radius 3 is 2.40 bits per heavy atom. The van der Waals surface area contributed by atoms with E-state index in [4.69, 9.17) is 19.3 Å². The van der Waals surface area contributed by atoms with E-state index in [9.17, 15) is 15.8 Å². The van der Waals surface area contributed by atoms with Gasteiger partial charge in [0.1, 0.15) is 6.10 Å². The second kappa shape index (κ2) is 5.62. The summed E-state index contributed by atoms with van der Waals surface area (Å²) in [5, 5.41) is 38.4. The van der Waals surface area contributed by atoms with Crippen molar-refractivity contribution in [3.63, 3.8) is 0 Å². The maximum absolute atomic E-state index is 10.1. The third kappa shape index (κ3) is 1.78. The molecule has 2 fully saturated rings. The first-order valence-electron chi connectivity index (χ1n) is 8.23. The van der Waals surface area contributed by atoms with E-state index in [1.54, 1.807) is 6.07 Å². The quantitative estimate of drug-likeness (QED) is 0.896. The molecule has 0 saturated carbocycles. The molecular weight excluding hydrogens is 320 g/mol. The van der Waals surface area contributed by atoms with Crippen LogP contribution in [0.2, 0.25) is 0 Å². The molecule has 0 amide bonds. The van der Waals surface area contributed by atoms with Crippen LogP contribution in [0.4, 0.5) is 0 Å². The Bertz CT molecular complexity index is 799. The lowest BCUT2D eigenvalue weighted by Crippen LogP contribution is -2.59. The summed E-state index contributed by atoms with van der Waals surface area (Å²) >= 11 is 0. The zero-order valence-electron chi connectivity index (χ0n) is 14.1. The van der Waals surface area contributed by atoms with Gasteiger partial charge < -0.3 is 13.9 Å². The molecule has 1 aromatic heterocycles. The highest BCUT2D eigenvalue weighted by atomic mass is 16.7. The molecule has 1 aromatic rings. The standard InChI is InChI=1S/C18H18N4O3/c1-3-6-18-13(4-2)17(11-21,15(22)25-18)16(9-19,10-20)14(24-18)12-5-7-23-8-12/h5,7-8,13-14,22H,3-4,6H2,1-2H3. The van der Waals surface area contributed by atoms with Gasteiger partial charge in [-0.25, -0.2) is 0 Å². The van der Waals surface area contributed by atoms with Crippen LogP contribution in [0.25, 0.3) is 0 Å². The molecule has 4 atom stereocenters. The van der Waals surface area contributed by atoms with Gasteiger partial charge in [-0.1, -0.05) is 13.8 Å². The third-order valence-electron chi connectivity index (χ3n) is 5.40. The smallest absolute Gasteiger partial charge is 0.217 e. The molecule has 0 radical (unpaired) electrons. The second-order valence-electron chi connectivity index (χ2n) is 6.46. The molecule has 0 aliphatic carbocycles. The maximum Gasteiger partial charge on any atom is 0.217 e. The minimum atomic E-state index is -1.91. The number of hydrogen-bond donors (Lipinski definition) is 1. The summed E-state index contributed by atoms with van der Waals surface area (Å²) in [6.07, 6.45) is 3.38.